The van der Waals surface area contributed by atoms with Crippen LogP contribution in [0.1, 0.15) is 30.6 Å². The van der Waals surface area contributed by atoms with Gasteiger partial charge < -0.3 is 16.4 Å². The quantitative estimate of drug-likeness (QED) is 0.783. The Bertz CT molecular complexity index is 458. The van der Waals surface area contributed by atoms with E-state index in [-0.39, 0.29) is 0 Å². The first-order chi connectivity index (χ1) is 8.49. The van der Waals surface area contributed by atoms with Gasteiger partial charge in [0.05, 0.1) is 5.56 Å². The van der Waals surface area contributed by atoms with Crippen molar-refractivity contribution in [2.45, 2.75) is 20.3 Å². The lowest BCUT2D eigenvalue weighted by molar-refractivity contribution is 0.100. The SMILES string of the molecule is CC1CCN(c2ccc(N)cc2C(N)=O)CC1C. The Hall–Kier alpha value is -1.71. The first kappa shape index (κ1) is 12.7. The number of nitrogens with zero attached hydrogens (tertiary/aromatic N) is 1. The van der Waals surface area contributed by atoms with Crippen LogP contribution < -0.4 is 16.4 Å². The Labute approximate surface area is 108 Å². The van der Waals surface area contributed by atoms with Crippen LogP contribution in [0.4, 0.5) is 11.4 Å². The summed E-state index contributed by atoms with van der Waals surface area (Å²) in [5.41, 5.74) is 13.2. The van der Waals surface area contributed by atoms with Crippen molar-refractivity contribution in [3.63, 3.8) is 0 Å². The van der Waals surface area contributed by atoms with Crippen molar-refractivity contribution in [2.75, 3.05) is 23.7 Å². The summed E-state index contributed by atoms with van der Waals surface area (Å²) in [6.45, 7) is 6.46. The fourth-order valence-electron chi connectivity index (χ4n) is 2.51. The predicted octanol–water partition coefficient (Wildman–Crippen LogP) is 1.85. The summed E-state index contributed by atoms with van der Waals surface area (Å²) >= 11 is 0. The van der Waals surface area contributed by atoms with Crippen LogP contribution in [0.2, 0.25) is 0 Å². The summed E-state index contributed by atoms with van der Waals surface area (Å²) < 4.78 is 0. The number of primary amides is 1. The van der Waals surface area contributed by atoms with Gasteiger partial charge in [0.15, 0.2) is 0 Å². The van der Waals surface area contributed by atoms with Crippen molar-refractivity contribution < 1.29 is 4.79 Å². The number of rotatable bonds is 2. The van der Waals surface area contributed by atoms with Gasteiger partial charge in [0, 0.05) is 24.5 Å². The monoisotopic (exact) mass is 247 g/mol. The average molecular weight is 247 g/mol. The van der Waals surface area contributed by atoms with Crippen LogP contribution in [-0.2, 0) is 0 Å². The molecule has 0 bridgehead atoms. The van der Waals surface area contributed by atoms with Gasteiger partial charge in [0.25, 0.3) is 5.91 Å². The van der Waals surface area contributed by atoms with Crippen molar-refractivity contribution in [3.05, 3.63) is 23.8 Å². The van der Waals surface area contributed by atoms with Crippen molar-refractivity contribution in [3.8, 4) is 0 Å². The standard InChI is InChI=1S/C14H21N3O/c1-9-5-6-17(8-10(9)2)13-4-3-11(15)7-12(13)14(16)18/h3-4,7,9-10H,5-6,8,15H2,1-2H3,(H2,16,18). The number of benzene rings is 1. The molecule has 1 fully saturated rings. The zero-order chi connectivity index (χ0) is 13.3. The summed E-state index contributed by atoms with van der Waals surface area (Å²) in [4.78, 5) is 13.7. The summed E-state index contributed by atoms with van der Waals surface area (Å²) in [6, 6.07) is 5.39. The largest absolute Gasteiger partial charge is 0.399 e. The van der Waals surface area contributed by atoms with Gasteiger partial charge >= 0.3 is 0 Å². The molecule has 0 saturated carbocycles. The summed E-state index contributed by atoms with van der Waals surface area (Å²) in [7, 11) is 0. The third-order valence-electron chi connectivity index (χ3n) is 3.96. The zero-order valence-electron chi connectivity index (χ0n) is 11.0. The molecular weight excluding hydrogens is 226 g/mol. The van der Waals surface area contributed by atoms with E-state index in [1.54, 1.807) is 6.07 Å². The first-order valence-electron chi connectivity index (χ1n) is 6.43. The number of hydrogen-bond acceptors (Lipinski definition) is 3. The molecule has 0 aromatic heterocycles. The Morgan fingerprint density at radius 2 is 2.06 bits per heavy atom. The lowest BCUT2D eigenvalue weighted by Gasteiger charge is -2.37. The number of piperidine rings is 1. The maximum absolute atomic E-state index is 11.5. The van der Waals surface area contributed by atoms with E-state index in [1.165, 1.54) is 0 Å². The van der Waals surface area contributed by atoms with E-state index >= 15 is 0 Å². The van der Waals surface area contributed by atoms with Crippen LogP contribution in [0.5, 0.6) is 0 Å². The highest BCUT2D eigenvalue weighted by atomic mass is 16.1. The van der Waals surface area contributed by atoms with Crippen LogP contribution in [0.15, 0.2) is 18.2 Å². The van der Waals surface area contributed by atoms with Gasteiger partial charge in [-0.15, -0.1) is 0 Å². The molecule has 2 unspecified atom stereocenters. The fraction of sp³-hybridized carbons (Fsp3) is 0.500. The molecule has 4 nitrogen and oxygen atoms in total. The molecule has 1 aromatic rings. The molecule has 1 amide bonds. The number of amides is 1. The molecule has 18 heavy (non-hydrogen) atoms. The number of anilines is 2. The molecule has 4 N–H and O–H groups in total. The second-order valence-electron chi connectivity index (χ2n) is 5.33. The normalized spacial score (nSPS) is 24.0. The second-order valence-corrected chi connectivity index (χ2v) is 5.33. The fourth-order valence-corrected chi connectivity index (χ4v) is 2.51. The van der Waals surface area contributed by atoms with Crippen molar-refractivity contribution in [2.24, 2.45) is 17.6 Å². The third-order valence-corrected chi connectivity index (χ3v) is 3.96. The van der Waals surface area contributed by atoms with E-state index in [1.807, 2.05) is 12.1 Å². The van der Waals surface area contributed by atoms with Gasteiger partial charge in [0.2, 0.25) is 0 Å². The maximum atomic E-state index is 11.5. The van der Waals surface area contributed by atoms with Crippen LogP contribution in [-0.4, -0.2) is 19.0 Å². The Morgan fingerprint density at radius 3 is 2.67 bits per heavy atom. The Balaban J connectivity index is 2.30. The zero-order valence-corrected chi connectivity index (χ0v) is 11.0. The predicted molar refractivity (Wildman–Crippen MR) is 74.5 cm³/mol. The molecule has 2 rings (SSSR count). The molecule has 1 aromatic carbocycles. The molecule has 98 valence electrons. The molecule has 1 aliphatic heterocycles. The van der Waals surface area contributed by atoms with Crippen LogP contribution in [0.25, 0.3) is 0 Å². The van der Waals surface area contributed by atoms with Crippen LogP contribution >= 0.6 is 0 Å². The molecular formula is C14H21N3O. The summed E-state index contributed by atoms with van der Waals surface area (Å²) in [6.07, 6.45) is 1.14. The Kier molecular flexibility index (Phi) is 3.45. The minimum Gasteiger partial charge on any atom is -0.399 e. The van der Waals surface area contributed by atoms with E-state index in [4.69, 9.17) is 11.5 Å². The lowest BCUT2D eigenvalue weighted by atomic mass is 9.88. The molecule has 1 heterocycles. The van der Waals surface area contributed by atoms with Gasteiger partial charge in [-0.25, -0.2) is 0 Å². The van der Waals surface area contributed by atoms with Gasteiger partial charge in [-0.2, -0.15) is 0 Å². The van der Waals surface area contributed by atoms with Crippen molar-refractivity contribution in [1.29, 1.82) is 0 Å². The van der Waals surface area contributed by atoms with Gasteiger partial charge in [-0.1, -0.05) is 13.8 Å². The highest BCUT2D eigenvalue weighted by Crippen LogP contribution is 2.30. The molecule has 1 aliphatic rings. The topological polar surface area (TPSA) is 72.3 Å². The first-order valence-corrected chi connectivity index (χ1v) is 6.43. The van der Waals surface area contributed by atoms with E-state index < -0.39 is 5.91 Å². The van der Waals surface area contributed by atoms with Gasteiger partial charge in [-0.3, -0.25) is 4.79 Å². The number of carbonyl (C=O) groups excluding carboxylic acids is 1. The smallest absolute Gasteiger partial charge is 0.250 e. The van der Waals surface area contributed by atoms with Crippen molar-refractivity contribution >= 4 is 17.3 Å². The lowest BCUT2D eigenvalue weighted by Crippen LogP contribution is -2.39. The number of nitrogen functional groups attached to an aromatic ring is 1. The van der Waals surface area contributed by atoms with Crippen LogP contribution in [0, 0.1) is 11.8 Å². The third kappa shape index (κ3) is 2.42. The molecule has 0 spiro atoms. The van der Waals surface area contributed by atoms with E-state index in [0.29, 0.717) is 17.2 Å². The van der Waals surface area contributed by atoms with Crippen LogP contribution in [0.3, 0.4) is 0 Å². The number of hydrogen-bond donors (Lipinski definition) is 2. The molecule has 2 atom stereocenters. The number of carbonyl (C=O) groups is 1. The minimum atomic E-state index is -0.413. The highest BCUT2D eigenvalue weighted by Gasteiger charge is 2.25. The summed E-state index contributed by atoms with van der Waals surface area (Å²) in [5.74, 6) is 0.938. The Morgan fingerprint density at radius 1 is 1.33 bits per heavy atom. The maximum Gasteiger partial charge on any atom is 0.250 e. The molecule has 0 radical (unpaired) electrons. The van der Waals surface area contributed by atoms with E-state index in [0.717, 1.165) is 31.1 Å². The second kappa shape index (κ2) is 4.88. The average Bonchev–Trinajstić information content (AvgIpc) is 2.32. The molecule has 4 heteroatoms. The highest BCUT2D eigenvalue weighted by molar-refractivity contribution is 5.99. The van der Waals surface area contributed by atoms with Gasteiger partial charge in [0.1, 0.15) is 0 Å². The molecule has 1 saturated heterocycles. The van der Waals surface area contributed by atoms with E-state index in [9.17, 15) is 4.79 Å². The van der Waals surface area contributed by atoms with Gasteiger partial charge in [-0.05, 0) is 36.5 Å². The van der Waals surface area contributed by atoms with E-state index in [2.05, 4.69) is 18.7 Å². The minimum absolute atomic E-state index is 0.413. The molecule has 0 aliphatic carbocycles. The van der Waals surface area contributed by atoms with Crippen molar-refractivity contribution in [1.82, 2.24) is 0 Å². The summed E-state index contributed by atoms with van der Waals surface area (Å²) in [5, 5.41) is 0. The number of nitrogens with two attached hydrogens (primary N) is 2.